The van der Waals surface area contributed by atoms with Crippen LogP contribution in [0, 0.1) is 0 Å². The lowest BCUT2D eigenvalue weighted by Crippen LogP contribution is -2.28. The molecule has 0 heterocycles. The zero-order chi connectivity index (χ0) is 45.8. The van der Waals surface area contributed by atoms with E-state index in [2.05, 4.69) is 86.8 Å². The number of carbonyl (C=O) groups excluding carboxylic acids is 1. The smallest absolute Gasteiger partial charge is 0.457 e. The third-order valence-corrected chi connectivity index (χ3v) is 11.8. The molecule has 2 unspecified atom stereocenters. The van der Waals surface area contributed by atoms with Crippen LogP contribution in [0.2, 0.25) is 0 Å². The van der Waals surface area contributed by atoms with E-state index in [9.17, 15) is 14.3 Å². The Hall–Kier alpha value is -2.06. The molecule has 0 aromatic rings. The highest BCUT2D eigenvalue weighted by molar-refractivity contribution is 7.47. The van der Waals surface area contributed by atoms with E-state index in [1.54, 1.807) is 0 Å². The number of unbranched alkanes of at least 4 members (excludes halogenated alkanes) is 24. The Morgan fingerprint density at radius 3 is 1.33 bits per heavy atom. The molecule has 0 spiro atoms. The first-order valence-corrected chi connectivity index (χ1v) is 27.4. The lowest BCUT2D eigenvalue weighted by Gasteiger charge is -2.20. The number of rotatable bonds is 49. The molecule has 8 nitrogen and oxygen atoms in total. The summed E-state index contributed by atoms with van der Waals surface area (Å²) in [7, 11) is -4.29. The van der Waals surface area contributed by atoms with Gasteiger partial charge in [-0.3, -0.25) is 13.8 Å². The quantitative estimate of drug-likeness (QED) is 0.0268. The van der Waals surface area contributed by atoms with Gasteiger partial charge in [0.2, 0.25) is 0 Å². The summed E-state index contributed by atoms with van der Waals surface area (Å²) in [5.74, 6) is -0.335. The van der Waals surface area contributed by atoms with Gasteiger partial charge >= 0.3 is 13.8 Å². The molecule has 9 heteroatoms. The molecule has 0 aliphatic heterocycles. The van der Waals surface area contributed by atoms with Crippen molar-refractivity contribution in [2.45, 2.75) is 232 Å². The van der Waals surface area contributed by atoms with Crippen LogP contribution in [0.1, 0.15) is 226 Å². The fourth-order valence-corrected chi connectivity index (χ4v) is 7.84. The van der Waals surface area contributed by atoms with E-state index in [0.29, 0.717) is 13.0 Å². The van der Waals surface area contributed by atoms with Crippen LogP contribution in [0.5, 0.6) is 0 Å². The van der Waals surface area contributed by atoms with Crippen LogP contribution >= 0.6 is 7.82 Å². The molecule has 0 fully saturated rings. The molecule has 0 aromatic carbocycles. The van der Waals surface area contributed by atoms with Crippen LogP contribution in [0.3, 0.4) is 0 Å². The van der Waals surface area contributed by atoms with E-state index in [1.165, 1.54) is 141 Å². The summed E-state index contributed by atoms with van der Waals surface area (Å²) in [6.45, 7) is 4.79. The number of allylic oxidation sites excluding steroid dienone is 12. The second-order valence-corrected chi connectivity index (χ2v) is 18.5. The van der Waals surface area contributed by atoms with Gasteiger partial charge in [-0.15, -0.1) is 0 Å². The summed E-state index contributed by atoms with van der Waals surface area (Å²) >= 11 is 0. The normalized spacial score (nSPS) is 13.9. The molecule has 63 heavy (non-hydrogen) atoms. The van der Waals surface area contributed by atoms with Gasteiger partial charge in [-0.2, -0.15) is 0 Å². The van der Waals surface area contributed by atoms with E-state index in [4.69, 9.17) is 24.3 Å². The molecule has 0 aromatic heterocycles. The number of nitrogens with two attached hydrogens (primary N) is 1. The molecule has 0 aliphatic carbocycles. The van der Waals surface area contributed by atoms with Crippen LogP contribution in [0.25, 0.3) is 0 Å². The average Bonchev–Trinajstić information content (AvgIpc) is 3.28. The van der Waals surface area contributed by atoms with Crippen LogP contribution in [0.15, 0.2) is 72.9 Å². The van der Waals surface area contributed by atoms with Gasteiger partial charge in [-0.25, -0.2) is 4.57 Å². The Bertz CT molecular complexity index is 1200. The zero-order valence-electron chi connectivity index (χ0n) is 40.8. The first kappa shape index (κ1) is 60.9. The lowest BCUT2D eigenvalue weighted by molar-refractivity contribution is -0.154. The minimum absolute atomic E-state index is 0.0965. The van der Waals surface area contributed by atoms with E-state index in [0.717, 1.165) is 64.2 Å². The highest BCUT2D eigenvalue weighted by Crippen LogP contribution is 2.43. The minimum Gasteiger partial charge on any atom is -0.457 e. The molecule has 3 N–H and O–H groups in total. The third kappa shape index (κ3) is 50.8. The van der Waals surface area contributed by atoms with Gasteiger partial charge in [-0.05, 0) is 83.5 Å². The van der Waals surface area contributed by atoms with Crippen LogP contribution in [-0.4, -0.2) is 49.9 Å². The maximum atomic E-state index is 12.7. The topological polar surface area (TPSA) is 117 Å². The monoisotopic (exact) mass is 904 g/mol. The SMILES string of the molecule is CC/C=C\C/C=C\C/C=C\C/C=C\CCCCCCCCCCCCCCC(=O)OC(COCCCCCCCCCC/C=C\C/C=C\CCCCCC)COP(=O)(O)OCCN. The van der Waals surface area contributed by atoms with Crippen molar-refractivity contribution >= 4 is 13.8 Å². The first-order chi connectivity index (χ1) is 30.9. The number of hydrogen-bond acceptors (Lipinski definition) is 7. The molecular formula is C54H98NO7P. The summed E-state index contributed by atoms with van der Waals surface area (Å²) < 4.78 is 33.6. The van der Waals surface area contributed by atoms with Crippen LogP contribution < -0.4 is 5.73 Å². The van der Waals surface area contributed by atoms with Gasteiger partial charge < -0.3 is 20.1 Å². The van der Waals surface area contributed by atoms with Crippen LogP contribution in [-0.2, 0) is 27.9 Å². The molecule has 0 aliphatic rings. The number of phosphoric acid groups is 1. The van der Waals surface area contributed by atoms with Gasteiger partial charge in [-0.1, -0.05) is 209 Å². The highest BCUT2D eigenvalue weighted by atomic mass is 31.2. The number of ether oxygens (including phenoxy) is 2. The molecule has 0 radical (unpaired) electrons. The molecular weight excluding hydrogens is 806 g/mol. The fraction of sp³-hybridized carbons (Fsp3) is 0.759. The average molecular weight is 904 g/mol. The molecule has 0 rings (SSSR count). The van der Waals surface area contributed by atoms with Crippen molar-refractivity contribution in [1.82, 2.24) is 0 Å². The van der Waals surface area contributed by atoms with Crippen molar-refractivity contribution in [3.05, 3.63) is 72.9 Å². The first-order valence-electron chi connectivity index (χ1n) is 25.9. The van der Waals surface area contributed by atoms with Gasteiger partial charge in [0.05, 0.1) is 19.8 Å². The molecule has 2 atom stereocenters. The molecule has 0 saturated heterocycles. The van der Waals surface area contributed by atoms with Crippen molar-refractivity contribution in [1.29, 1.82) is 0 Å². The van der Waals surface area contributed by atoms with Crippen molar-refractivity contribution in [2.24, 2.45) is 5.73 Å². The predicted molar refractivity (Wildman–Crippen MR) is 270 cm³/mol. The van der Waals surface area contributed by atoms with Gasteiger partial charge in [0.1, 0.15) is 6.10 Å². The maximum Gasteiger partial charge on any atom is 0.472 e. The Kier molecular flexibility index (Phi) is 49.3. The second kappa shape index (κ2) is 50.9. The Morgan fingerprint density at radius 2 is 0.889 bits per heavy atom. The van der Waals surface area contributed by atoms with Crippen molar-refractivity contribution < 1.29 is 32.8 Å². The number of phosphoric ester groups is 1. The Morgan fingerprint density at radius 1 is 0.492 bits per heavy atom. The summed E-state index contributed by atoms with van der Waals surface area (Å²) in [4.78, 5) is 22.6. The molecule has 0 saturated carbocycles. The van der Waals surface area contributed by atoms with Crippen LogP contribution in [0.4, 0.5) is 0 Å². The van der Waals surface area contributed by atoms with E-state index in [-0.39, 0.29) is 32.3 Å². The van der Waals surface area contributed by atoms with E-state index >= 15 is 0 Å². The highest BCUT2D eigenvalue weighted by Gasteiger charge is 2.25. The van der Waals surface area contributed by atoms with Crippen molar-refractivity contribution in [3.8, 4) is 0 Å². The van der Waals surface area contributed by atoms with Crippen molar-refractivity contribution in [3.63, 3.8) is 0 Å². The summed E-state index contributed by atoms with van der Waals surface area (Å²) in [5.41, 5.74) is 5.39. The second-order valence-electron chi connectivity index (χ2n) is 17.0. The fourth-order valence-electron chi connectivity index (χ4n) is 7.08. The molecule has 0 bridgehead atoms. The zero-order valence-corrected chi connectivity index (χ0v) is 41.7. The standard InChI is InChI=1S/C54H98NO7P/c1-3-5-7-9-11-13-15-17-19-21-23-24-25-26-27-28-29-31-33-35-37-39-41-43-45-47-54(56)62-53(52-61-63(57,58)60-50-48-55)51-59-49-46-44-42-40-38-36-34-32-30-22-20-18-16-14-12-10-8-6-4-2/h5,7,11,13-14,16-17,19-20,22-24,53H,3-4,6,8-10,12,15,18,21,25-52,55H2,1-2H3,(H,57,58)/b7-5-,13-11-,16-14-,19-17-,22-20-,24-23-. The summed E-state index contributed by atoms with van der Waals surface area (Å²) in [6.07, 6.45) is 65.0. The third-order valence-electron chi connectivity index (χ3n) is 10.9. The van der Waals surface area contributed by atoms with E-state index in [1.807, 2.05) is 0 Å². The number of carbonyl (C=O) groups is 1. The Balaban J connectivity index is 3.95. The van der Waals surface area contributed by atoms with E-state index < -0.39 is 13.9 Å². The number of esters is 1. The van der Waals surface area contributed by atoms with Gasteiger partial charge in [0.15, 0.2) is 0 Å². The van der Waals surface area contributed by atoms with Crippen molar-refractivity contribution in [2.75, 3.05) is 33.0 Å². The number of hydrogen-bond donors (Lipinski definition) is 2. The largest absolute Gasteiger partial charge is 0.472 e. The molecule has 0 amide bonds. The summed E-state index contributed by atoms with van der Waals surface area (Å²) in [6, 6.07) is 0. The summed E-state index contributed by atoms with van der Waals surface area (Å²) in [5, 5.41) is 0. The van der Waals surface area contributed by atoms with Gasteiger partial charge in [0.25, 0.3) is 0 Å². The molecule has 366 valence electrons. The van der Waals surface area contributed by atoms with Gasteiger partial charge in [0, 0.05) is 19.6 Å². The lowest BCUT2D eigenvalue weighted by atomic mass is 10.0. The Labute approximate surface area is 388 Å². The predicted octanol–water partition coefficient (Wildman–Crippen LogP) is 16.3. The maximum absolute atomic E-state index is 12.7. The minimum atomic E-state index is -4.29.